The summed E-state index contributed by atoms with van der Waals surface area (Å²) >= 11 is 9.78. The van der Waals surface area contributed by atoms with Crippen LogP contribution in [0.1, 0.15) is 0 Å². The number of halogens is 3. The summed E-state index contributed by atoms with van der Waals surface area (Å²) in [4.78, 5) is 33.7. The third kappa shape index (κ3) is 6.29. The molecule has 0 saturated heterocycles. The lowest BCUT2D eigenvalue weighted by Crippen LogP contribution is -2.18. The maximum atomic E-state index is 11.6. The maximum absolute atomic E-state index is 11.6. The second kappa shape index (κ2) is 9.06. The molecular weight excluding hydrogens is 492 g/mol. The van der Waals surface area contributed by atoms with Crippen molar-refractivity contribution in [2.24, 2.45) is 0 Å². The van der Waals surface area contributed by atoms with Gasteiger partial charge in [0.15, 0.2) is 12.4 Å². The molecule has 0 unspecified atom stereocenters. The largest absolute Gasteiger partial charge is 0.466 e. The number of ether oxygens (including phenoxy) is 3. The lowest BCUT2D eigenvalue weighted by Gasteiger charge is -2.09. The summed E-state index contributed by atoms with van der Waals surface area (Å²) in [7, 11) is 1.17. The Labute approximate surface area is 151 Å². The first-order valence-corrected chi connectivity index (χ1v) is 7.99. The second-order valence-corrected chi connectivity index (χ2v) is 6.26. The fraction of sp³-hybridized carbons (Fsp3) is 0.154. The van der Waals surface area contributed by atoms with E-state index in [1.807, 2.05) is 0 Å². The van der Waals surface area contributed by atoms with E-state index in [9.17, 15) is 14.4 Å². The fourth-order valence-electron chi connectivity index (χ4n) is 1.15. The molecule has 0 atom stereocenters. The van der Waals surface area contributed by atoms with Crippen LogP contribution in [-0.4, -0.2) is 31.6 Å². The van der Waals surface area contributed by atoms with Gasteiger partial charge in [-0.2, -0.15) is 0 Å². The molecule has 0 amide bonds. The minimum atomic E-state index is -0.865. The molecule has 0 aliphatic heterocycles. The molecule has 0 fully saturated rings. The van der Waals surface area contributed by atoms with Gasteiger partial charge < -0.3 is 14.2 Å². The molecule has 1 rings (SSSR count). The Hall–Kier alpha value is -1.19. The number of hydrogen-bond donors (Lipinski definition) is 0. The van der Waals surface area contributed by atoms with E-state index in [0.29, 0.717) is 8.95 Å². The monoisotopic (exact) mass is 498 g/mol. The van der Waals surface area contributed by atoms with Crippen LogP contribution in [0.3, 0.4) is 0 Å². The zero-order valence-corrected chi connectivity index (χ0v) is 15.9. The first kappa shape index (κ1) is 18.9. The number of benzene rings is 1. The molecule has 1 aromatic rings. The molecule has 1 aromatic carbocycles. The molecule has 6 nitrogen and oxygen atoms in total. The van der Waals surface area contributed by atoms with Gasteiger partial charge in [0.25, 0.3) is 0 Å². The van der Waals surface area contributed by atoms with Crippen molar-refractivity contribution >= 4 is 65.7 Å². The second-order valence-electron chi connectivity index (χ2n) is 3.64. The summed E-state index contributed by atoms with van der Waals surface area (Å²) in [5.41, 5.74) is 0. The molecule has 0 aromatic heterocycles. The topological polar surface area (TPSA) is 78.9 Å². The standard InChI is InChI=1S/C13H9Br3O6/c1-20-10(17)2-3-11(18)21-6-12(19)22-13-8(15)4-7(14)5-9(13)16/h2-5H,6H2,1H3/b3-2+. The van der Waals surface area contributed by atoms with E-state index >= 15 is 0 Å². The van der Waals surface area contributed by atoms with Crippen molar-refractivity contribution in [1.29, 1.82) is 0 Å². The van der Waals surface area contributed by atoms with E-state index in [2.05, 4.69) is 57.3 Å². The highest BCUT2D eigenvalue weighted by Gasteiger charge is 2.14. The summed E-state index contributed by atoms with van der Waals surface area (Å²) in [6.07, 6.45) is 1.74. The quantitative estimate of drug-likeness (QED) is 0.351. The Morgan fingerprint density at radius 2 is 1.59 bits per heavy atom. The van der Waals surface area contributed by atoms with Gasteiger partial charge in [-0.25, -0.2) is 14.4 Å². The molecule has 0 radical (unpaired) electrons. The van der Waals surface area contributed by atoms with Gasteiger partial charge in [0.2, 0.25) is 0 Å². The van der Waals surface area contributed by atoms with Gasteiger partial charge >= 0.3 is 17.9 Å². The van der Waals surface area contributed by atoms with Gasteiger partial charge in [0, 0.05) is 16.6 Å². The van der Waals surface area contributed by atoms with Crippen LogP contribution in [0.25, 0.3) is 0 Å². The van der Waals surface area contributed by atoms with Gasteiger partial charge in [-0.15, -0.1) is 0 Å². The van der Waals surface area contributed by atoms with Crippen LogP contribution in [-0.2, 0) is 23.9 Å². The summed E-state index contributed by atoms with van der Waals surface area (Å²) in [5, 5.41) is 0. The third-order valence-corrected chi connectivity index (χ3v) is 3.70. The molecule has 9 heteroatoms. The fourth-order valence-corrected chi connectivity index (χ4v) is 3.57. The molecular formula is C13H9Br3O6. The molecule has 118 valence electrons. The van der Waals surface area contributed by atoms with Crippen molar-refractivity contribution in [3.8, 4) is 5.75 Å². The minimum Gasteiger partial charge on any atom is -0.466 e. The van der Waals surface area contributed by atoms with Gasteiger partial charge in [0.1, 0.15) is 0 Å². The number of esters is 3. The number of rotatable bonds is 5. The van der Waals surface area contributed by atoms with Crippen LogP contribution in [0, 0.1) is 0 Å². The van der Waals surface area contributed by atoms with Crippen molar-refractivity contribution in [2.45, 2.75) is 0 Å². The normalized spacial score (nSPS) is 10.4. The van der Waals surface area contributed by atoms with Gasteiger partial charge in [-0.1, -0.05) is 15.9 Å². The average molecular weight is 501 g/mol. The Balaban J connectivity index is 2.56. The molecule has 0 aliphatic rings. The molecule has 0 heterocycles. The lowest BCUT2D eigenvalue weighted by molar-refractivity contribution is -0.150. The van der Waals surface area contributed by atoms with Gasteiger partial charge in [-0.05, 0) is 44.0 Å². The van der Waals surface area contributed by atoms with Crippen LogP contribution in [0.2, 0.25) is 0 Å². The third-order valence-electron chi connectivity index (χ3n) is 2.07. The van der Waals surface area contributed by atoms with Crippen LogP contribution in [0.15, 0.2) is 37.7 Å². The summed E-state index contributed by atoms with van der Waals surface area (Å²) in [6, 6.07) is 3.39. The van der Waals surface area contributed by atoms with E-state index in [1.165, 1.54) is 7.11 Å². The van der Waals surface area contributed by atoms with Crippen molar-refractivity contribution in [3.63, 3.8) is 0 Å². The highest BCUT2D eigenvalue weighted by molar-refractivity contribution is 9.11. The Bertz CT molecular complexity index is 603. The highest BCUT2D eigenvalue weighted by atomic mass is 79.9. The van der Waals surface area contributed by atoms with Gasteiger partial charge in [-0.3, -0.25) is 0 Å². The minimum absolute atomic E-state index is 0.259. The predicted molar refractivity (Wildman–Crippen MR) is 87.3 cm³/mol. The van der Waals surface area contributed by atoms with Crippen LogP contribution < -0.4 is 4.74 Å². The van der Waals surface area contributed by atoms with Crippen LogP contribution in [0.4, 0.5) is 0 Å². The Morgan fingerprint density at radius 3 is 2.14 bits per heavy atom. The SMILES string of the molecule is COC(=O)/C=C/C(=O)OCC(=O)Oc1c(Br)cc(Br)cc1Br. The van der Waals surface area contributed by atoms with Crippen LogP contribution in [0.5, 0.6) is 5.75 Å². The van der Waals surface area contributed by atoms with E-state index < -0.39 is 24.5 Å². The molecule has 22 heavy (non-hydrogen) atoms. The molecule has 0 saturated carbocycles. The summed E-state index contributed by atoms with van der Waals surface area (Å²) < 4.78 is 15.9. The Morgan fingerprint density at radius 1 is 1.05 bits per heavy atom. The number of carbonyl (C=O) groups excluding carboxylic acids is 3. The molecule has 0 bridgehead atoms. The highest BCUT2D eigenvalue weighted by Crippen LogP contribution is 2.36. The summed E-state index contributed by atoms with van der Waals surface area (Å²) in [5.74, 6) is -2.09. The lowest BCUT2D eigenvalue weighted by atomic mass is 10.3. The number of carbonyl (C=O) groups is 3. The van der Waals surface area contributed by atoms with Crippen molar-refractivity contribution in [1.82, 2.24) is 0 Å². The molecule has 0 N–H and O–H groups in total. The smallest absolute Gasteiger partial charge is 0.349 e. The van der Waals surface area contributed by atoms with E-state index in [-0.39, 0.29) is 5.75 Å². The van der Waals surface area contributed by atoms with Crippen LogP contribution >= 0.6 is 47.8 Å². The number of hydrogen-bond acceptors (Lipinski definition) is 6. The first-order valence-electron chi connectivity index (χ1n) is 5.61. The predicted octanol–water partition coefficient (Wildman–Crippen LogP) is 3.15. The Kier molecular flexibility index (Phi) is 7.77. The maximum Gasteiger partial charge on any atom is 0.349 e. The van der Waals surface area contributed by atoms with Crippen molar-refractivity contribution in [2.75, 3.05) is 13.7 Å². The molecule has 0 aliphatic carbocycles. The molecule has 0 spiro atoms. The van der Waals surface area contributed by atoms with E-state index in [4.69, 9.17) is 4.74 Å². The van der Waals surface area contributed by atoms with Crippen molar-refractivity contribution < 1.29 is 28.6 Å². The van der Waals surface area contributed by atoms with Gasteiger partial charge in [0.05, 0.1) is 16.1 Å². The van der Waals surface area contributed by atoms with Crippen molar-refractivity contribution in [3.05, 3.63) is 37.7 Å². The first-order chi connectivity index (χ1) is 10.3. The zero-order valence-electron chi connectivity index (χ0n) is 11.1. The average Bonchev–Trinajstić information content (AvgIpc) is 2.46. The van der Waals surface area contributed by atoms with E-state index in [1.54, 1.807) is 12.1 Å². The van der Waals surface area contributed by atoms with E-state index in [0.717, 1.165) is 16.6 Å². The zero-order chi connectivity index (χ0) is 16.7. The summed E-state index contributed by atoms with van der Waals surface area (Å²) in [6.45, 7) is -0.598. The number of methoxy groups -OCH3 is 1.